The Hall–Kier alpha value is 0.903. The second-order valence-corrected chi connectivity index (χ2v) is 2.37. The maximum Gasteiger partial charge on any atom is 0.0935 e. The summed E-state index contributed by atoms with van der Waals surface area (Å²) in [5.74, 6) is 0. The quantitative estimate of drug-likeness (QED) is 0.501. The van der Waals surface area contributed by atoms with Gasteiger partial charge in [-0.25, -0.2) is 0 Å². The Morgan fingerprint density at radius 2 is 2.25 bits per heavy atom. The summed E-state index contributed by atoms with van der Waals surface area (Å²) in [4.78, 5) is 0. The molecule has 1 aromatic heterocycles. The van der Waals surface area contributed by atoms with E-state index in [1.807, 2.05) is 6.07 Å². The van der Waals surface area contributed by atoms with Crippen molar-refractivity contribution in [2.75, 3.05) is 0 Å². The molecule has 0 aliphatic carbocycles. The Balaban J connectivity index is 0. The maximum absolute atomic E-state index is 5.44. The van der Waals surface area contributed by atoms with E-state index in [0.717, 1.165) is 4.34 Å². The summed E-state index contributed by atoms with van der Waals surface area (Å²) < 4.78 is 0.801. The minimum absolute atomic E-state index is 0. The summed E-state index contributed by atoms with van der Waals surface area (Å²) >= 11 is 6.86. The minimum Gasteiger partial charge on any atom is -1.00 e. The van der Waals surface area contributed by atoms with Gasteiger partial charge < -0.3 is 12.4 Å². The van der Waals surface area contributed by atoms with E-state index in [2.05, 4.69) is 5.38 Å². The summed E-state index contributed by atoms with van der Waals surface area (Å²) in [7, 11) is 0. The van der Waals surface area contributed by atoms with E-state index in [1.54, 1.807) is 6.07 Å². The van der Waals surface area contributed by atoms with Crippen LogP contribution in [0.5, 0.6) is 0 Å². The smallest absolute Gasteiger partial charge is 0.0935 e. The normalized spacial score (nSPS) is 6.62. The molecule has 1 rings (SSSR count). The standard InChI is InChI=1S/C4H2ClS.ClH.Zn/c5-4-2-1-3-6-4;;/h1-2H;1H;/p-1. The van der Waals surface area contributed by atoms with Crippen LogP contribution in [0.3, 0.4) is 0 Å². The summed E-state index contributed by atoms with van der Waals surface area (Å²) in [6.07, 6.45) is 0. The molecule has 0 N–H and O–H groups in total. The molecule has 0 spiro atoms. The molecule has 0 aliphatic rings. The molecule has 1 radical (unpaired) electrons. The summed E-state index contributed by atoms with van der Waals surface area (Å²) in [6.45, 7) is 0. The molecule has 0 saturated heterocycles. The zero-order valence-corrected chi connectivity index (χ0v) is 9.32. The average molecular weight is 218 g/mol. The molecule has 0 nitrogen and oxygen atoms in total. The predicted octanol–water partition coefficient (Wildman–Crippen LogP) is -0.797. The fourth-order valence-corrected chi connectivity index (χ4v) is 0.805. The van der Waals surface area contributed by atoms with Crippen molar-refractivity contribution in [3.05, 3.63) is 21.8 Å². The molecule has 0 aromatic carbocycles. The molecule has 0 aliphatic heterocycles. The van der Waals surface area contributed by atoms with Gasteiger partial charge in [0.05, 0.1) is 4.34 Å². The Bertz CT molecular complexity index is 118. The fourth-order valence-electron chi connectivity index (χ4n) is 0.224. The Morgan fingerprint density at radius 3 is 2.38 bits per heavy atom. The van der Waals surface area contributed by atoms with Gasteiger partial charge in [0.1, 0.15) is 0 Å². The number of hydrogen-bond donors (Lipinski definition) is 0. The second-order valence-electron chi connectivity index (χ2n) is 0.857. The van der Waals surface area contributed by atoms with Crippen molar-refractivity contribution < 1.29 is 31.9 Å². The van der Waals surface area contributed by atoms with Gasteiger partial charge in [0.15, 0.2) is 0 Å². The van der Waals surface area contributed by atoms with Crippen molar-refractivity contribution in [3.63, 3.8) is 0 Å². The summed E-state index contributed by atoms with van der Waals surface area (Å²) in [6, 6.07) is 3.61. The Kier molecular flexibility index (Phi) is 8.80. The van der Waals surface area contributed by atoms with Crippen LogP contribution in [0.2, 0.25) is 4.34 Å². The van der Waals surface area contributed by atoms with Crippen LogP contribution < -0.4 is 12.4 Å². The Labute approximate surface area is 76.4 Å². The van der Waals surface area contributed by atoms with Crippen LogP contribution in [0, 0.1) is 5.38 Å². The summed E-state index contributed by atoms with van der Waals surface area (Å²) in [5.41, 5.74) is 0. The first-order valence-corrected chi connectivity index (χ1v) is 2.70. The zero-order chi connectivity index (χ0) is 4.41. The number of hydrogen-bond acceptors (Lipinski definition) is 1. The van der Waals surface area contributed by atoms with Gasteiger partial charge in [-0.15, -0.1) is 11.3 Å². The molecule has 0 atom stereocenters. The van der Waals surface area contributed by atoms with Crippen molar-refractivity contribution in [3.8, 4) is 0 Å². The number of rotatable bonds is 0. The SMILES string of the molecule is Clc1cc[c]s1.[Cl-].[Zn]. The minimum atomic E-state index is 0. The molecular formula is C4H2Cl2SZn-. The molecule has 0 amide bonds. The van der Waals surface area contributed by atoms with Crippen molar-refractivity contribution >= 4 is 22.9 Å². The van der Waals surface area contributed by atoms with Gasteiger partial charge in [-0.3, -0.25) is 0 Å². The molecule has 0 fully saturated rings. The first kappa shape index (κ1) is 11.7. The second kappa shape index (κ2) is 6.03. The number of thiophene rings is 1. The largest absolute Gasteiger partial charge is 1.00 e. The first-order chi connectivity index (χ1) is 2.89. The van der Waals surface area contributed by atoms with E-state index in [0.29, 0.717) is 0 Å². The third kappa shape index (κ3) is 3.85. The van der Waals surface area contributed by atoms with E-state index in [-0.39, 0.29) is 31.9 Å². The van der Waals surface area contributed by atoms with Crippen LogP contribution in [0.4, 0.5) is 0 Å². The van der Waals surface area contributed by atoms with Crippen molar-refractivity contribution in [1.29, 1.82) is 0 Å². The fraction of sp³-hybridized carbons (Fsp3) is 0. The number of halogens is 2. The molecule has 1 heterocycles. The Morgan fingerprint density at radius 1 is 1.62 bits per heavy atom. The van der Waals surface area contributed by atoms with Crippen molar-refractivity contribution in [1.82, 2.24) is 0 Å². The molecule has 4 heteroatoms. The van der Waals surface area contributed by atoms with E-state index >= 15 is 0 Å². The van der Waals surface area contributed by atoms with E-state index in [9.17, 15) is 0 Å². The molecule has 8 heavy (non-hydrogen) atoms. The molecular weight excluding hydrogens is 216 g/mol. The van der Waals surface area contributed by atoms with Gasteiger partial charge in [0.25, 0.3) is 0 Å². The van der Waals surface area contributed by atoms with Crippen LogP contribution in [0.1, 0.15) is 0 Å². The average Bonchev–Trinajstić information content (AvgIpc) is 1.86. The van der Waals surface area contributed by atoms with Crippen LogP contribution in [-0.4, -0.2) is 0 Å². The zero-order valence-electron chi connectivity index (χ0n) is 4.03. The molecule has 0 unspecified atom stereocenters. The van der Waals surface area contributed by atoms with Gasteiger partial charge in [-0.05, 0) is 12.1 Å². The van der Waals surface area contributed by atoms with Gasteiger partial charge in [-0.1, -0.05) is 11.6 Å². The molecule has 41 valence electrons. The van der Waals surface area contributed by atoms with Gasteiger partial charge in [0.2, 0.25) is 0 Å². The maximum atomic E-state index is 5.44. The predicted molar refractivity (Wildman–Crippen MR) is 28.2 cm³/mol. The van der Waals surface area contributed by atoms with Crippen LogP contribution >= 0.6 is 22.9 Å². The summed E-state index contributed by atoms with van der Waals surface area (Å²) in [5, 5.41) is 2.84. The molecule has 0 bridgehead atoms. The third-order valence-electron chi connectivity index (χ3n) is 0.439. The molecule has 1 aromatic rings. The van der Waals surface area contributed by atoms with Crippen molar-refractivity contribution in [2.24, 2.45) is 0 Å². The van der Waals surface area contributed by atoms with Gasteiger partial charge in [-0.2, -0.15) is 0 Å². The third-order valence-corrected chi connectivity index (χ3v) is 1.38. The first-order valence-electron chi connectivity index (χ1n) is 1.51. The van der Waals surface area contributed by atoms with Crippen LogP contribution in [0.25, 0.3) is 0 Å². The van der Waals surface area contributed by atoms with E-state index in [4.69, 9.17) is 11.6 Å². The van der Waals surface area contributed by atoms with Crippen LogP contribution in [0.15, 0.2) is 12.1 Å². The van der Waals surface area contributed by atoms with Gasteiger partial charge in [0, 0.05) is 24.9 Å². The molecule has 0 saturated carbocycles. The van der Waals surface area contributed by atoms with Crippen molar-refractivity contribution in [2.45, 2.75) is 0 Å². The topological polar surface area (TPSA) is 0 Å². The van der Waals surface area contributed by atoms with Gasteiger partial charge >= 0.3 is 0 Å². The van der Waals surface area contributed by atoms with E-state index < -0.39 is 0 Å². The van der Waals surface area contributed by atoms with E-state index in [1.165, 1.54) is 11.3 Å². The monoisotopic (exact) mass is 216 g/mol. The van der Waals surface area contributed by atoms with Crippen LogP contribution in [-0.2, 0) is 19.5 Å².